The van der Waals surface area contributed by atoms with E-state index in [1.807, 2.05) is 0 Å². The Hall–Kier alpha value is -3.03. The summed E-state index contributed by atoms with van der Waals surface area (Å²) >= 11 is 0. The molecule has 0 radical (unpaired) electrons. The molecule has 2 aromatic rings. The summed E-state index contributed by atoms with van der Waals surface area (Å²) in [6.45, 7) is 0.613. The molecule has 0 bridgehead atoms. The number of nitrogens with one attached hydrogen (secondary N) is 1. The van der Waals surface area contributed by atoms with Crippen LogP contribution in [0.15, 0.2) is 36.7 Å². The number of fused-ring (bicyclic) bond motifs is 1. The summed E-state index contributed by atoms with van der Waals surface area (Å²) in [5.74, 6) is -0.469. The Morgan fingerprint density at radius 2 is 2.12 bits per heavy atom. The Kier molecular flexibility index (Phi) is 4.64. The van der Waals surface area contributed by atoms with Gasteiger partial charge in [-0.1, -0.05) is 0 Å². The van der Waals surface area contributed by atoms with Gasteiger partial charge in [0.2, 0.25) is 5.82 Å². The number of nitrogens with zero attached hydrogens (tertiary/aromatic N) is 3. The van der Waals surface area contributed by atoms with Gasteiger partial charge in [0.1, 0.15) is 11.6 Å². The molecule has 0 aliphatic carbocycles. The lowest BCUT2D eigenvalue weighted by Crippen LogP contribution is -2.39. The lowest BCUT2D eigenvalue weighted by Gasteiger charge is -2.20. The summed E-state index contributed by atoms with van der Waals surface area (Å²) in [4.78, 5) is 33.2. The van der Waals surface area contributed by atoms with Crippen molar-refractivity contribution >= 4 is 11.8 Å². The van der Waals surface area contributed by atoms with Crippen LogP contribution in [0, 0.1) is 5.82 Å². The smallest absolute Gasteiger partial charge is 0.289 e. The molecule has 7 nitrogen and oxygen atoms in total. The predicted molar refractivity (Wildman–Crippen MR) is 81.7 cm³/mol. The molecule has 24 heavy (non-hydrogen) atoms. The Labute approximate surface area is 137 Å². The molecule has 1 N–H and O–H groups in total. The molecule has 1 aliphatic heterocycles. The number of carbonyl (C=O) groups is 2. The van der Waals surface area contributed by atoms with E-state index in [-0.39, 0.29) is 43.8 Å². The molecule has 0 atom stereocenters. The molecule has 124 valence electrons. The van der Waals surface area contributed by atoms with Crippen molar-refractivity contribution in [2.75, 3.05) is 19.7 Å². The first-order valence-corrected chi connectivity index (χ1v) is 7.38. The molecular weight excluding hydrogens is 315 g/mol. The zero-order valence-corrected chi connectivity index (χ0v) is 12.7. The van der Waals surface area contributed by atoms with Gasteiger partial charge in [-0.2, -0.15) is 0 Å². The maximum atomic E-state index is 13.4. The standard InChI is InChI=1S/C16H15FN4O3/c17-12-2-3-13-11(8-12)9-21(14(22)10-24-13)7-6-20-16(23)15-18-4-1-5-19-15/h1-5,8H,6-7,9-10H2,(H,20,23). The lowest BCUT2D eigenvalue weighted by molar-refractivity contribution is -0.133. The van der Waals surface area contributed by atoms with Crippen LogP contribution < -0.4 is 10.1 Å². The fourth-order valence-electron chi connectivity index (χ4n) is 2.34. The van der Waals surface area contributed by atoms with Crippen LogP contribution in [-0.2, 0) is 11.3 Å². The van der Waals surface area contributed by atoms with Crippen molar-refractivity contribution < 1.29 is 18.7 Å². The minimum absolute atomic E-state index is 0.0652. The van der Waals surface area contributed by atoms with E-state index in [1.165, 1.54) is 35.5 Å². The molecule has 3 rings (SSSR count). The monoisotopic (exact) mass is 330 g/mol. The van der Waals surface area contributed by atoms with Crippen LogP contribution in [-0.4, -0.2) is 46.4 Å². The largest absolute Gasteiger partial charge is 0.483 e. The molecule has 0 saturated heterocycles. The number of aromatic nitrogens is 2. The molecule has 1 aliphatic rings. The van der Waals surface area contributed by atoms with Gasteiger partial charge in [-0.05, 0) is 24.3 Å². The minimum atomic E-state index is -0.416. The van der Waals surface area contributed by atoms with Gasteiger partial charge in [0, 0.05) is 37.6 Å². The minimum Gasteiger partial charge on any atom is -0.483 e. The molecular formula is C16H15FN4O3. The third-order valence-corrected chi connectivity index (χ3v) is 3.52. The predicted octanol–water partition coefficient (Wildman–Crippen LogP) is 0.767. The summed E-state index contributed by atoms with van der Waals surface area (Å²) in [5.41, 5.74) is 0.596. The lowest BCUT2D eigenvalue weighted by atomic mass is 10.2. The van der Waals surface area contributed by atoms with Crippen LogP contribution in [0.25, 0.3) is 0 Å². The normalized spacial score (nSPS) is 13.7. The Balaban J connectivity index is 1.60. The van der Waals surface area contributed by atoms with Gasteiger partial charge < -0.3 is 15.0 Å². The Morgan fingerprint density at radius 1 is 1.33 bits per heavy atom. The average molecular weight is 330 g/mol. The number of benzene rings is 1. The Bertz CT molecular complexity index is 754. The van der Waals surface area contributed by atoms with E-state index in [0.29, 0.717) is 11.3 Å². The van der Waals surface area contributed by atoms with Gasteiger partial charge in [-0.3, -0.25) is 9.59 Å². The summed E-state index contributed by atoms with van der Waals surface area (Å²) in [6, 6.07) is 5.76. The van der Waals surface area contributed by atoms with E-state index in [0.717, 1.165) is 0 Å². The van der Waals surface area contributed by atoms with Gasteiger partial charge in [0.05, 0.1) is 0 Å². The van der Waals surface area contributed by atoms with Gasteiger partial charge in [0.15, 0.2) is 6.61 Å². The molecule has 0 saturated carbocycles. The zero-order valence-electron chi connectivity index (χ0n) is 12.7. The number of ether oxygens (including phenoxy) is 1. The van der Waals surface area contributed by atoms with E-state index in [4.69, 9.17) is 4.74 Å². The van der Waals surface area contributed by atoms with Crippen LogP contribution in [0.5, 0.6) is 5.75 Å². The van der Waals surface area contributed by atoms with E-state index < -0.39 is 5.91 Å². The molecule has 8 heteroatoms. The van der Waals surface area contributed by atoms with Crippen LogP contribution in [0.4, 0.5) is 4.39 Å². The van der Waals surface area contributed by atoms with E-state index in [9.17, 15) is 14.0 Å². The number of hydrogen-bond donors (Lipinski definition) is 1. The average Bonchev–Trinajstić information content (AvgIpc) is 2.75. The number of rotatable bonds is 4. The van der Waals surface area contributed by atoms with E-state index >= 15 is 0 Å². The summed E-state index contributed by atoms with van der Waals surface area (Å²) in [5, 5.41) is 2.65. The van der Waals surface area contributed by atoms with Crippen molar-refractivity contribution in [1.82, 2.24) is 20.2 Å². The highest BCUT2D eigenvalue weighted by Crippen LogP contribution is 2.24. The summed E-state index contributed by atoms with van der Waals surface area (Å²) in [6.07, 6.45) is 2.95. The van der Waals surface area contributed by atoms with Gasteiger partial charge in [-0.25, -0.2) is 14.4 Å². The van der Waals surface area contributed by atoms with Gasteiger partial charge >= 0.3 is 0 Å². The second-order valence-electron chi connectivity index (χ2n) is 5.18. The fraction of sp³-hybridized carbons (Fsp3) is 0.250. The van der Waals surface area contributed by atoms with Crippen molar-refractivity contribution in [3.05, 3.63) is 53.9 Å². The van der Waals surface area contributed by atoms with Crippen LogP contribution in [0.2, 0.25) is 0 Å². The maximum absolute atomic E-state index is 13.4. The molecule has 1 aromatic heterocycles. The van der Waals surface area contributed by atoms with Gasteiger partial charge in [0.25, 0.3) is 11.8 Å². The van der Waals surface area contributed by atoms with Crippen LogP contribution >= 0.6 is 0 Å². The summed E-state index contributed by atoms with van der Waals surface area (Å²) < 4.78 is 18.7. The molecule has 0 spiro atoms. The first-order chi connectivity index (χ1) is 11.6. The van der Waals surface area contributed by atoms with Crippen molar-refractivity contribution in [3.8, 4) is 5.75 Å². The molecule has 2 heterocycles. The first-order valence-electron chi connectivity index (χ1n) is 7.38. The quantitative estimate of drug-likeness (QED) is 0.895. The van der Waals surface area contributed by atoms with Crippen LogP contribution in [0.1, 0.15) is 16.2 Å². The third-order valence-electron chi connectivity index (χ3n) is 3.52. The molecule has 1 aromatic carbocycles. The summed E-state index contributed by atoms with van der Waals surface area (Å²) in [7, 11) is 0. The van der Waals surface area contributed by atoms with Crippen LogP contribution in [0.3, 0.4) is 0 Å². The number of halogens is 1. The number of carbonyl (C=O) groups excluding carboxylic acids is 2. The van der Waals surface area contributed by atoms with Crippen molar-refractivity contribution in [2.24, 2.45) is 0 Å². The third kappa shape index (κ3) is 3.65. The highest BCUT2D eigenvalue weighted by molar-refractivity contribution is 5.90. The second-order valence-corrected chi connectivity index (χ2v) is 5.18. The Morgan fingerprint density at radius 3 is 2.92 bits per heavy atom. The van der Waals surface area contributed by atoms with Gasteiger partial charge in [-0.15, -0.1) is 0 Å². The van der Waals surface area contributed by atoms with Crippen molar-refractivity contribution in [3.63, 3.8) is 0 Å². The van der Waals surface area contributed by atoms with E-state index in [2.05, 4.69) is 15.3 Å². The highest BCUT2D eigenvalue weighted by Gasteiger charge is 2.22. The number of hydrogen-bond acceptors (Lipinski definition) is 5. The van der Waals surface area contributed by atoms with Crippen molar-refractivity contribution in [1.29, 1.82) is 0 Å². The number of amides is 2. The SMILES string of the molecule is O=C(NCCN1Cc2cc(F)ccc2OCC1=O)c1ncccn1. The fourth-order valence-corrected chi connectivity index (χ4v) is 2.34. The topological polar surface area (TPSA) is 84.4 Å². The van der Waals surface area contributed by atoms with Crippen molar-refractivity contribution in [2.45, 2.75) is 6.54 Å². The second kappa shape index (κ2) is 7.03. The highest BCUT2D eigenvalue weighted by atomic mass is 19.1. The molecule has 0 unspecified atom stereocenters. The molecule has 0 fully saturated rings. The maximum Gasteiger partial charge on any atom is 0.289 e. The zero-order chi connectivity index (χ0) is 16.9. The van der Waals surface area contributed by atoms with E-state index in [1.54, 1.807) is 6.07 Å². The first kappa shape index (κ1) is 15.9. The molecule has 2 amide bonds.